The molecule has 2 rings (SSSR count). The number of nitrogens with zero attached hydrogens (tertiary/aromatic N) is 4. The second-order valence-electron chi connectivity index (χ2n) is 3.76. The van der Waals surface area contributed by atoms with Gasteiger partial charge in [0.1, 0.15) is 5.03 Å². The maximum atomic E-state index is 13.5. The Morgan fingerprint density at radius 2 is 2.28 bits per heavy atom. The summed E-state index contributed by atoms with van der Waals surface area (Å²) < 4.78 is 14.9. The summed E-state index contributed by atoms with van der Waals surface area (Å²) in [7, 11) is 0. The topological polar surface area (TPSA) is 102 Å². The van der Waals surface area contributed by atoms with Crippen LogP contribution in [0.15, 0.2) is 21.2 Å². The lowest BCUT2D eigenvalue weighted by Gasteiger charge is -2.08. The normalized spacial score (nSPS) is 11.1. The largest absolute Gasteiger partial charge is 0.368 e. The Morgan fingerprint density at radius 3 is 2.94 bits per heavy atom. The van der Waals surface area contributed by atoms with Crippen molar-refractivity contribution in [2.24, 2.45) is 0 Å². The number of H-pyrrole nitrogens is 1. The zero-order valence-corrected chi connectivity index (χ0v) is 10.5. The van der Waals surface area contributed by atoms with E-state index < -0.39 is 5.82 Å². The molecule has 0 aliphatic carbocycles. The van der Waals surface area contributed by atoms with Crippen LogP contribution in [-0.4, -0.2) is 24.7 Å². The molecule has 0 amide bonds. The molecule has 18 heavy (non-hydrogen) atoms. The van der Waals surface area contributed by atoms with Gasteiger partial charge in [-0.1, -0.05) is 0 Å². The fraction of sp³-hybridized carbons (Fsp3) is 0.333. The molecule has 2 aromatic heterocycles. The molecular formula is C9H11FN6OS. The van der Waals surface area contributed by atoms with Crippen molar-refractivity contribution >= 4 is 17.7 Å². The van der Waals surface area contributed by atoms with Crippen molar-refractivity contribution in [3.63, 3.8) is 0 Å². The van der Waals surface area contributed by atoms with Gasteiger partial charge in [0.2, 0.25) is 5.95 Å². The molecule has 0 aliphatic rings. The van der Waals surface area contributed by atoms with E-state index in [4.69, 9.17) is 5.73 Å². The van der Waals surface area contributed by atoms with Crippen LogP contribution in [-0.2, 0) is 0 Å². The quantitative estimate of drug-likeness (QED) is 0.800. The Morgan fingerprint density at radius 1 is 1.56 bits per heavy atom. The van der Waals surface area contributed by atoms with Crippen LogP contribution in [0.5, 0.6) is 0 Å². The number of hydrogen-bond donors (Lipinski definition) is 2. The molecule has 3 N–H and O–H groups in total. The second-order valence-corrected chi connectivity index (χ2v) is 4.71. The van der Waals surface area contributed by atoms with E-state index in [2.05, 4.69) is 20.2 Å². The minimum absolute atomic E-state index is 0.0309. The Bertz CT molecular complexity index is 622. The van der Waals surface area contributed by atoms with E-state index in [-0.39, 0.29) is 22.7 Å². The first-order valence-corrected chi connectivity index (χ1v) is 5.93. The fourth-order valence-electron chi connectivity index (χ4n) is 1.34. The molecule has 0 atom stereocenters. The van der Waals surface area contributed by atoms with E-state index in [1.54, 1.807) is 0 Å². The van der Waals surface area contributed by atoms with E-state index in [1.165, 1.54) is 4.57 Å². The van der Waals surface area contributed by atoms with Crippen molar-refractivity contribution in [1.29, 1.82) is 0 Å². The van der Waals surface area contributed by atoms with Gasteiger partial charge in [-0.2, -0.15) is 0 Å². The molecule has 9 heteroatoms. The summed E-state index contributed by atoms with van der Waals surface area (Å²) >= 11 is 0.919. The SMILES string of the molecule is CC(C)n1c(Sc2nc(N)ncc2F)n[nH]c1=O. The number of aromatic amines is 1. The summed E-state index contributed by atoms with van der Waals surface area (Å²) in [6.07, 6.45) is 0.981. The van der Waals surface area contributed by atoms with Crippen molar-refractivity contribution in [3.05, 3.63) is 22.5 Å². The molecule has 0 aromatic carbocycles. The smallest absolute Gasteiger partial charge is 0.344 e. The maximum absolute atomic E-state index is 13.5. The molecule has 96 valence electrons. The van der Waals surface area contributed by atoms with Gasteiger partial charge in [0.15, 0.2) is 11.0 Å². The standard InChI is InChI=1S/C9H11FN6OS/c1-4(2)16-8(17)14-15-9(16)18-6-5(10)3-12-7(11)13-6/h3-4H,1-2H3,(H,14,17)(H2,11,12,13). The van der Waals surface area contributed by atoms with E-state index >= 15 is 0 Å². The summed E-state index contributed by atoms with van der Waals surface area (Å²) in [5.41, 5.74) is 5.03. The molecule has 2 heterocycles. The fourth-order valence-corrected chi connectivity index (χ4v) is 2.29. The van der Waals surface area contributed by atoms with Crippen molar-refractivity contribution in [3.8, 4) is 0 Å². The van der Waals surface area contributed by atoms with Crippen molar-refractivity contribution in [2.45, 2.75) is 30.1 Å². The van der Waals surface area contributed by atoms with Crippen LogP contribution in [0.25, 0.3) is 0 Å². The van der Waals surface area contributed by atoms with Gasteiger partial charge in [0.25, 0.3) is 0 Å². The number of aromatic nitrogens is 5. The van der Waals surface area contributed by atoms with Crippen molar-refractivity contribution in [1.82, 2.24) is 24.7 Å². The van der Waals surface area contributed by atoms with Crippen LogP contribution >= 0.6 is 11.8 Å². The van der Waals surface area contributed by atoms with Gasteiger partial charge in [0.05, 0.1) is 6.20 Å². The Labute approximate surface area is 106 Å². The first-order chi connectivity index (χ1) is 8.49. The van der Waals surface area contributed by atoms with Gasteiger partial charge in [-0.3, -0.25) is 4.57 Å². The van der Waals surface area contributed by atoms with Crippen LogP contribution in [0.3, 0.4) is 0 Å². The third kappa shape index (κ3) is 2.35. The molecule has 0 spiro atoms. The molecule has 0 aliphatic heterocycles. The molecule has 0 fully saturated rings. The van der Waals surface area contributed by atoms with Crippen LogP contribution in [0.4, 0.5) is 10.3 Å². The van der Waals surface area contributed by atoms with Crippen LogP contribution in [0, 0.1) is 5.82 Å². The number of nitrogen functional groups attached to an aromatic ring is 1. The Kier molecular flexibility index (Phi) is 3.32. The third-order valence-electron chi connectivity index (χ3n) is 2.11. The molecule has 0 radical (unpaired) electrons. The first-order valence-electron chi connectivity index (χ1n) is 5.12. The van der Waals surface area contributed by atoms with E-state index in [9.17, 15) is 9.18 Å². The maximum Gasteiger partial charge on any atom is 0.344 e. The minimum atomic E-state index is -0.611. The zero-order valence-electron chi connectivity index (χ0n) is 9.72. The van der Waals surface area contributed by atoms with Gasteiger partial charge in [-0.25, -0.2) is 24.3 Å². The highest BCUT2D eigenvalue weighted by Gasteiger charge is 2.16. The van der Waals surface area contributed by atoms with Crippen molar-refractivity contribution in [2.75, 3.05) is 5.73 Å². The van der Waals surface area contributed by atoms with Gasteiger partial charge in [0, 0.05) is 6.04 Å². The average Bonchev–Trinajstić information content (AvgIpc) is 2.65. The van der Waals surface area contributed by atoms with Crippen LogP contribution in [0.2, 0.25) is 0 Å². The number of rotatable bonds is 3. The predicted octanol–water partition coefficient (Wildman–Crippen LogP) is 0.815. The van der Waals surface area contributed by atoms with E-state index in [0.29, 0.717) is 5.16 Å². The predicted molar refractivity (Wildman–Crippen MR) is 63.8 cm³/mol. The number of hydrogen-bond acceptors (Lipinski definition) is 6. The molecule has 2 aromatic rings. The van der Waals surface area contributed by atoms with Crippen LogP contribution in [0.1, 0.15) is 19.9 Å². The average molecular weight is 270 g/mol. The zero-order chi connectivity index (χ0) is 13.3. The van der Waals surface area contributed by atoms with E-state index in [1.807, 2.05) is 13.8 Å². The number of nitrogens with two attached hydrogens (primary N) is 1. The minimum Gasteiger partial charge on any atom is -0.368 e. The highest BCUT2D eigenvalue weighted by atomic mass is 32.2. The third-order valence-corrected chi connectivity index (χ3v) is 3.06. The number of anilines is 1. The lowest BCUT2D eigenvalue weighted by atomic mass is 10.4. The molecular weight excluding hydrogens is 259 g/mol. The lowest BCUT2D eigenvalue weighted by molar-refractivity contribution is 0.532. The highest BCUT2D eigenvalue weighted by Crippen LogP contribution is 2.26. The Balaban J connectivity index is 2.40. The first kappa shape index (κ1) is 12.6. The number of halogens is 1. The second kappa shape index (κ2) is 4.77. The summed E-state index contributed by atoms with van der Waals surface area (Å²) in [4.78, 5) is 18.8. The molecule has 0 saturated heterocycles. The molecule has 7 nitrogen and oxygen atoms in total. The molecule has 0 saturated carbocycles. The summed E-state index contributed by atoms with van der Waals surface area (Å²) in [6.45, 7) is 3.65. The van der Waals surface area contributed by atoms with Crippen molar-refractivity contribution < 1.29 is 4.39 Å². The van der Waals surface area contributed by atoms with Gasteiger partial charge < -0.3 is 5.73 Å². The highest BCUT2D eigenvalue weighted by molar-refractivity contribution is 7.99. The molecule has 0 unspecified atom stereocenters. The van der Waals surface area contributed by atoms with Gasteiger partial charge in [-0.05, 0) is 25.6 Å². The summed E-state index contributed by atoms with van der Waals surface area (Å²) in [5, 5.41) is 6.49. The van der Waals surface area contributed by atoms with Gasteiger partial charge in [-0.15, -0.1) is 5.10 Å². The summed E-state index contributed by atoms with van der Waals surface area (Å²) in [6, 6.07) is -0.0963. The lowest BCUT2D eigenvalue weighted by Crippen LogP contribution is -2.19. The Hall–Kier alpha value is -1.90. The number of nitrogens with one attached hydrogen (secondary N) is 1. The molecule has 0 bridgehead atoms. The van der Waals surface area contributed by atoms with E-state index in [0.717, 1.165) is 18.0 Å². The summed E-state index contributed by atoms with van der Waals surface area (Å²) in [5.74, 6) is -0.646. The van der Waals surface area contributed by atoms with Crippen LogP contribution < -0.4 is 11.4 Å². The van der Waals surface area contributed by atoms with Gasteiger partial charge >= 0.3 is 5.69 Å². The monoisotopic (exact) mass is 270 g/mol.